The van der Waals surface area contributed by atoms with E-state index >= 15 is 0 Å². The molecule has 1 aromatic heterocycles. The van der Waals surface area contributed by atoms with Crippen LogP contribution in [0.25, 0.3) is 10.9 Å². The van der Waals surface area contributed by atoms with Gasteiger partial charge < -0.3 is 0 Å². The molecule has 75 valence electrons. The highest BCUT2D eigenvalue weighted by Crippen LogP contribution is 2.24. The van der Waals surface area contributed by atoms with Crippen LogP contribution in [0.2, 0.25) is 5.02 Å². The van der Waals surface area contributed by atoms with Crippen LogP contribution in [0.4, 0.5) is 0 Å². The maximum atomic E-state index is 5.95. The summed E-state index contributed by atoms with van der Waals surface area (Å²) in [6.45, 7) is 0. The average Bonchev–Trinajstić information content (AvgIpc) is 2.26. The van der Waals surface area contributed by atoms with Gasteiger partial charge in [0.1, 0.15) is 0 Å². The molecule has 0 saturated heterocycles. The molecule has 1 nitrogen and oxygen atoms in total. The summed E-state index contributed by atoms with van der Waals surface area (Å²) in [7, 11) is 0. The lowest BCUT2D eigenvalue weighted by molar-refractivity contribution is 0.670. The molecule has 0 aliphatic heterocycles. The van der Waals surface area contributed by atoms with Crippen LogP contribution in [0, 0.1) is 6.07 Å². The first-order valence-electron chi connectivity index (χ1n) is 5.33. The van der Waals surface area contributed by atoms with Crippen LogP contribution >= 0.6 is 11.6 Å². The van der Waals surface area contributed by atoms with Crippen molar-refractivity contribution in [3.8, 4) is 0 Å². The molecule has 2 heteroatoms. The van der Waals surface area contributed by atoms with Crippen molar-refractivity contribution in [1.82, 2.24) is 4.98 Å². The number of hydrogen-bond donors (Lipinski definition) is 0. The Balaban J connectivity index is 2.26. The van der Waals surface area contributed by atoms with Gasteiger partial charge in [-0.1, -0.05) is 17.7 Å². The van der Waals surface area contributed by atoms with Crippen molar-refractivity contribution < 1.29 is 0 Å². The van der Waals surface area contributed by atoms with Crippen molar-refractivity contribution in [3.63, 3.8) is 0 Å². The monoisotopic (exact) mass is 216 g/mol. The van der Waals surface area contributed by atoms with Crippen LogP contribution in [-0.4, -0.2) is 4.98 Å². The molecule has 1 radical (unpaired) electrons. The molecule has 0 N–H and O–H groups in total. The number of aromatic nitrogens is 1. The largest absolute Gasteiger partial charge is 0.252 e. The first kappa shape index (κ1) is 9.17. The van der Waals surface area contributed by atoms with E-state index in [1.54, 1.807) is 0 Å². The third-order valence-electron chi connectivity index (χ3n) is 2.94. The zero-order valence-electron chi connectivity index (χ0n) is 8.39. The Kier molecular flexibility index (Phi) is 2.14. The SMILES string of the molecule is Clc1ccc2[c]c3c(nc2c1)CCCC3. The second-order valence-electron chi connectivity index (χ2n) is 4.03. The molecule has 0 saturated carbocycles. The van der Waals surface area contributed by atoms with Crippen LogP contribution in [0.5, 0.6) is 0 Å². The van der Waals surface area contributed by atoms with Gasteiger partial charge in [0.15, 0.2) is 0 Å². The predicted molar refractivity (Wildman–Crippen MR) is 62.2 cm³/mol. The molecular formula is C13H11ClN. The van der Waals surface area contributed by atoms with Crippen LogP contribution in [0.15, 0.2) is 18.2 Å². The van der Waals surface area contributed by atoms with Gasteiger partial charge in [-0.05, 0) is 49.4 Å². The molecule has 2 aromatic rings. The number of benzene rings is 1. The second-order valence-corrected chi connectivity index (χ2v) is 4.47. The van der Waals surface area contributed by atoms with Gasteiger partial charge in [-0.15, -0.1) is 0 Å². The smallest absolute Gasteiger partial charge is 0.0726 e. The van der Waals surface area contributed by atoms with Crippen LogP contribution in [-0.2, 0) is 12.8 Å². The van der Waals surface area contributed by atoms with Crippen molar-refractivity contribution >= 4 is 22.5 Å². The molecule has 1 heterocycles. The van der Waals surface area contributed by atoms with E-state index in [9.17, 15) is 0 Å². The lowest BCUT2D eigenvalue weighted by atomic mass is 9.95. The van der Waals surface area contributed by atoms with E-state index in [2.05, 4.69) is 11.1 Å². The Morgan fingerprint density at radius 1 is 1.20 bits per heavy atom. The first-order chi connectivity index (χ1) is 7.33. The van der Waals surface area contributed by atoms with E-state index < -0.39 is 0 Å². The molecule has 0 unspecified atom stereocenters. The predicted octanol–water partition coefficient (Wildman–Crippen LogP) is 3.57. The number of pyridine rings is 1. The van der Waals surface area contributed by atoms with E-state index in [-0.39, 0.29) is 0 Å². The molecule has 0 bridgehead atoms. The van der Waals surface area contributed by atoms with Gasteiger partial charge >= 0.3 is 0 Å². The topological polar surface area (TPSA) is 12.9 Å². The highest BCUT2D eigenvalue weighted by Gasteiger charge is 2.11. The minimum absolute atomic E-state index is 0.749. The molecule has 15 heavy (non-hydrogen) atoms. The number of nitrogens with zero attached hydrogens (tertiary/aromatic N) is 1. The Labute approximate surface area is 94.1 Å². The van der Waals surface area contributed by atoms with Gasteiger partial charge in [0.05, 0.1) is 5.52 Å². The number of halogens is 1. The van der Waals surface area contributed by atoms with Gasteiger partial charge in [-0.2, -0.15) is 0 Å². The molecular weight excluding hydrogens is 206 g/mol. The van der Waals surface area contributed by atoms with Crippen molar-refractivity contribution in [2.75, 3.05) is 0 Å². The number of aryl methyl sites for hydroxylation is 2. The van der Waals surface area contributed by atoms with Crippen molar-refractivity contribution in [2.45, 2.75) is 25.7 Å². The highest BCUT2D eigenvalue weighted by atomic mass is 35.5. The van der Waals surface area contributed by atoms with Crippen molar-refractivity contribution in [1.29, 1.82) is 0 Å². The van der Waals surface area contributed by atoms with Gasteiger partial charge in [-0.3, -0.25) is 4.98 Å². The molecule has 0 spiro atoms. The molecule has 0 atom stereocenters. The summed E-state index contributed by atoms with van der Waals surface area (Å²) in [5, 5.41) is 1.83. The van der Waals surface area contributed by atoms with E-state index in [0.29, 0.717) is 0 Å². The first-order valence-corrected chi connectivity index (χ1v) is 5.71. The lowest BCUT2D eigenvalue weighted by Crippen LogP contribution is -2.05. The average molecular weight is 217 g/mol. The minimum atomic E-state index is 0.749. The Hall–Kier alpha value is -1.08. The zero-order valence-corrected chi connectivity index (χ0v) is 9.14. The molecule has 0 fully saturated rings. The summed E-state index contributed by atoms with van der Waals surface area (Å²) in [4.78, 5) is 4.66. The summed E-state index contributed by atoms with van der Waals surface area (Å²) < 4.78 is 0. The second kappa shape index (κ2) is 3.49. The Morgan fingerprint density at radius 2 is 2.07 bits per heavy atom. The molecule has 1 aromatic carbocycles. The molecule has 3 rings (SSSR count). The van der Waals surface area contributed by atoms with E-state index in [0.717, 1.165) is 28.8 Å². The summed E-state index contributed by atoms with van der Waals surface area (Å²) in [5.41, 5.74) is 3.50. The summed E-state index contributed by atoms with van der Waals surface area (Å²) in [6, 6.07) is 9.27. The fraction of sp³-hybridized carbons (Fsp3) is 0.308. The van der Waals surface area contributed by atoms with Gasteiger partial charge in [-0.25, -0.2) is 0 Å². The summed E-state index contributed by atoms with van der Waals surface area (Å²) >= 11 is 5.95. The van der Waals surface area contributed by atoms with Crippen LogP contribution in [0.3, 0.4) is 0 Å². The fourth-order valence-electron chi connectivity index (χ4n) is 2.16. The normalized spacial score (nSPS) is 15.3. The fourth-order valence-corrected chi connectivity index (χ4v) is 2.32. The maximum absolute atomic E-state index is 5.95. The highest BCUT2D eigenvalue weighted by molar-refractivity contribution is 6.31. The zero-order chi connectivity index (χ0) is 10.3. The van der Waals surface area contributed by atoms with Crippen molar-refractivity contribution in [3.05, 3.63) is 40.5 Å². The Morgan fingerprint density at radius 3 is 3.00 bits per heavy atom. The molecule has 1 aliphatic carbocycles. The number of hydrogen-bond acceptors (Lipinski definition) is 1. The van der Waals surface area contributed by atoms with E-state index in [1.807, 2.05) is 18.2 Å². The number of rotatable bonds is 0. The quantitative estimate of drug-likeness (QED) is 0.656. The summed E-state index contributed by atoms with van der Waals surface area (Å²) in [5.74, 6) is 0. The maximum Gasteiger partial charge on any atom is 0.0726 e. The van der Waals surface area contributed by atoms with Crippen LogP contribution < -0.4 is 0 Å². The van der Waals surface area contributed by atoms with E-state index in [4.69, 9.17) is 11.6 Å². The van der Waals surface area contributed by atoms with Gasteiger partial charge in [0, 0.05) is 16.1 Å². The molecule has 0 amide bonds. The minimum Gasteiger partial charge on any atom is -0.252 e. The van der Waals surface area contributed by atoms with E-state index in [1.165, 1.54) is 24.1 Å². The summed E-state index contributed by atoms with van der Waals surface area (Å²) in [6.07, 6.45) is 4.74. The standard InChI is InChI=1S/C13H11ClN/c14-11-6-5-10-7-9-3-1-2-4-12(9)15-13(10)8-11/h5-6,8H,1-4H2. The van der Waals surface area contributed by atoms with Crippen LogP contribution in [0.1, 0.15) is 24.1 Å². The third-order valence-corrected chi connectivity index (χ3v) is 3.17. The lowest BCUT2D eigenvalue weighted by Gasteiger charge is -2.14. The number of fused-ring (bicyclic) bond motifs is 2. The van der Waals surface area contributed by atoms with Crippen molar-refractivity contribution in [2.24, 2.45) is 0 Å². The van der Waals surface area contributed by atoms with Gasteiger partial charge in [0.25, 0.3) is 0 Å². The third kappa shape index (κ3) is 1.61. The molecule has 1 aliphatic rings. The van der Waals surface area contributed by atoms with Gasteiger partial charge in [0.2, 0.25) is 0 Å². The Bertz CT molecular complexity index is 519.